The molecule has 1 N–H and O–H groups in total. The molecule has 0 aliphatic heterocycles. The van der Waals surface area contributed by atoms with Gasteiger partial charge < -0.3 is 10.1 Å². The van der Waals surface area contributed by atoms with Gasteiger partial charge in [-0.05, 0) is 38.1 Å². The van der Waals surface area contributed by atoms with Crippen LogP contribution in [0.2, 0.25) is 0 Å². The van der Waals surface area contributed by atoms with E-state index in [1.165, 1.54) is 17.9 Å². The van der Waals surface area contributed by atoms with Gasteiger partial charge in [0.1, 0.15) is 12.3 Å². The standard InChI is InChI=1S/C14H16FN3O2/c1-9-6-10(2)18(17-9)13-5-4-11(7-12(13)15)16-14(19)8-20-3/h4-7H,8H2,1-3H3,(H,16,19). The second kappa shape index (κ2) is 5.83. The first kappa shape index (κ1) is 14.2. The van der Waals surface area contributed by atoms with Crippen molar-refractivity contribution >= 4 is 11.6 Å². The van der Waals surface area contributed by atoms with Gasteiger partial charge in [0.05, 0.1) is 5.69 Å². The first-order chi connectivity index (χ1) is 9.51. The minimum Gasteiger partial charge on any atom is -0.375 e. The van der Waals surface area contributed by atoms with Crippen molar-refractivity contribution in [2.75, 3.05) is 19.0 Å². The molecule has 0 radical (unpaired) electrons. The maximum Gasteiger partial charge on any atom is 0.250 e. The van der Waals surface area contributed by atoms with E-state index in [9.17, 15) is 9.18 Å². The zero-order valence-corrected chi connectivity index (χ0v) is 11.6. The van der Waals surface area contributed by atoms with Crippen molar-refractivity contribution in [3.63, 3.8) is 0 Å². The Morgan fingerprint density at radius 1 is 1.40 bits per heavy atom. The zero-order valence-electron chi connectivity index (χ0n) is 11.6. The van der Waals surface area contributed by atoms with E-state index in [2.05, 4.69) is 10.4 Å². The lowest BCUT2D eigenvalue weighted by molar-refractivity contribution is -0.119. The highest BCUT2D eigenvalue weighted by Crippen LogP contribution is 2.19. The van der Waals surface area contributed by atoms with Crippen LogP contribution in [0.1, 0.15) is 11.4 Å². The van der Waals surface area contributed by atoms with Gasteiger partial charge in [-0.3, -0.25) is 4.79 Å². The molecule has 2 rings (SSSR count). The maximum absolute atomic E-state index is 14.1. The van der Waals surface area contributed by atoms with Gasteiger partial charge in [0.2, 0.25) is 5.91 Å². The number of rotatable bonds is 4. The Morgan fingerprint density at radius 3 is 2.70 bits per heavy atom. The third-order valence-corrected chi connectivity index (χ3v) is 2.74. The quantitative estimate of drug-likeness (QED) is 0.932. The summed E-state index contributed by atoms with van der Waals surface area (Å²) in [6.45, 7) is 3.63. The van der Waals surface area contributed by atoms with Gasteiger partial charge in [0.25, 0.3) is 0 Å². The third kappa shape index (κ3) is 3.03. The van der Waals surface area contributed by atoms with E-state index < -0.39 is 5.82 Å². The van der Waals surface area contributed by atoms with Gasteiger partial charge in [-0.1, -0.05) is 0 Å². The van der Waals surface area contributed by atoms with Crippen LogP contribution in [0.3, 0.4) is 0 Å². The first-order valence-electron chi connectivity index (χ1n) is 6.13. The van der Waals surface area contributed by atoms with Gasteiger partial charge in [0, 0.05) is 18.5 Å². The number of ether oxygens (including phenoxy) is 1. The number of halogens is 1. The Morgan fingerprint density at radius 2 is 2.15 bits per heavy atom. The molecule has 20 heavy (non-hydrogen) atoms. The zero-order chi connectivity index (χ0) is 14.7. The van der Waals surface area contributed by atoms with Crippen LogP contribution >= 0.6 is 0 Å². The molecule has 0 aliphatic carbocycles. The lowest BCUT2D eigenvalue weighted by Gasteiger charge is -2.09. The number of hydrogen-bond acceptors (Lipinski definition) is 3. The van der Waals surface area contributed by atoms with Gasteiger partial charge in [-0.15, -0.1) is 0 Å². The van der Waals surface area contributed by atoms with E-state index in [0.717, 1.165) is 11.4 Å². The number of nitrogens with one attached hydrogen (secondary N) is 1. The number of carbonyl (C=O) groups is 1. The normalized spacial score (nSPS) is 10.6. The van der Waals surface area contributed by atoms with Crippen LogP contribution in [0.25, 0.3) is 5.69 Å². The Kier molecular flexibility index (Phi) is 4.14. The molecule has 2 aromatic rings. The van der Waals surface area contributed by atoms with Crippen LogP contribution < -0.4 is 5.32 Å². The fourth-order valence-corrected chi connectivity index (χ4v) is 1.96. The Labute approximate surface area is 116 Å². The Balaban J connectivity index is 2.26. The fourth-order valence-electron chi connectivity index (χ4n) is 1.96. The third-order valence-electron chi connectivity index (χ3n) is 2.74. The van der Waals surface area contributed by atoms with Gasteiger partial charge in [-0.25, -0.2) is 9.07 Å². The summed E-state index contributed by atoms with van der Waals surface area (Å²) in [6.07, 6.45) is 0. The maximum atomic E-state index is 14.1. The van der Waals surface area contributed by atoms with Crippen LogP contribution in [-0.2, 0) is 9.53 Å². The molecule has 0 saturated carbocycles. The molecular formula is C14H16FN3O2. The summed E-state index contributed by atoms with van der Waals surface area (Å²) in [6, 6.07) is 6.34. The van der Waals surface area contributed by atoms with Crippen molar-refractivity contribution in [2.24, 2.45) is 0 Å². The number of benzene rings is 1. The van der Waals surface area contributed by atoms with Crippen molar-refractivity contribution < 1.29 is 13.9 Å². The van der Waals surface area contributed by atoms with E-state index in [-0.39, 0.29) is 12.5 Å². The smallest absolute Gasteiger partial charge is 0.250 e. The predicted octanol–water partition coefficient (Wildman–Crippen LogP) is 2.21. The molecule has 1 amide bonds. The van der Waals surface area contributed by atoms with Crippen LogP contribution in [0.4, 0.5) is 10.1 Å². The highest BCUT2D eigenvalue weighted by atomic mass is 19.1. The van der Waals surface area contributed by atoms with Crippen molar-refractivity contribution in [1.82, 2.24) is 9.78 Å². The Hall–Kier alpha value is -2.21. The molecular weight excluding hydrogens is 261 g/mol. The predicted molar refractivity (Wildman–Crippen MR) is 73.5 cm³/mol. The number of aromatic nitrogens is 2. The Bertz CT molecular complexity index is 637. The molecule has 0 aliphatic rings. The highest BCUT2D eigenvalue weighted by Gasteiger charge is 2.10. The summed E-state index contributed by atoms with van der Waals surface area (Å²) in [7, 11) is 1.42. The summed E-state index contributed by atoms with van der Waals surface area (Å²) in [4.78, 5) is 11.4. The summed E-state index contributed by atoms with van der Waals surface area (Å²) in [5.74, 6) is -0.780. The molecule has 6 heteroatoms. The van der Waals surface area contributed by atoms with Gasteiger partial charge >= 0.3 is 0 Å². The molecule has 106 valence electrons. The highest BCUT2D eigenvalue weighted by molar-refractivity contribution is 5.91. The van der Waals surface area contributed by atoms with Crippen LogP contribution in [0, 0.1) is 19.7 Å². The number of nitrogens with zero attached hydrogens (tertiary/aromatic N) is 2. The number of hydrogen-bond donors (Lipinski definition) is 1. The van der Waals surface area contributed by atoms with E-state index >= 15 is 0 Å². The average Bonchev–Trinajstić information content (AvgIpc) is 2.69. The number of amides is 1. The largest absolute Gasteiger partial charge is 0.375 e. The molecule has 0 atom stereocenters. The number of aryl methyl sites for hydroxylation is 2. The van der Waals surface area contributed by atoms with Crippen LogP contribution in [0.15, 0.2) is 24.3 Å². The summed E-state index contributed by atoms with van der Waals surface area (Å²) < 4.78 is 20.3. The molecule has 5 nitrogen and oxygen atoms in total. The molecule has 0 spiro atoms. The van der Waals surface area contributed by atoms with Crippen LogP contribution in [-0.4, -0.2) is 29.4 Å². The first-order valence-corrected chi connectivity index (χ1v) is 6.13. The lowest BCUT2D eigenvalue weighted by atomic mass is 10.2. The summed E-state index contributed by atoms with van der Waals surface area (Å²) in [5, 5.41) is 6.78. The molecule has 1 heterocycles. The molecule has 0 saturated heterocycles. The second-order valence-corrected chi connectivity index (χ2v) is 4.49. The minimum atomic E-state index is -0.452. The van der Waals surface area contributed by atoms with Crippen molar-refractivity contribution in [2.45, 2.75) is 13.8 Å². The monoisotopic (exact) mass is 277 g/mol. The van der Waals surface area contributed by atoms with Crippen molar-refractivity contribution in [3.8, 4) is 5.69 Å². The lowest BCUT2D eigenvalue weighted by Crippen LogP contribution is -2.17. The molecule has 1 aromatic carbocycles. The average molecular weight is 277 g/mol. The van der Waals surface area contributed by atoms with Crippen molar-refractivity contribution in [1.29, 1.82) is 0 Å². The summed E-state index contributed by atoms with van der Waals surface area (Å²) in [5.41, 5.74) is 2.40. The topological polar surface area (TPSA) is 56.1 Å². The van der Waals surface area contributed by atoms with Gasteiger partial charge in [0.15, 0.2) is 5.82 Å². The van der Waals surface area contributed by atoms with E-state index in [4.69, 9.17) is 4.74 Å². The molecule has 0 bridgehead atoms. The second-order valence-electron chi connectivity index (χ2n) is 4.49. The molecule has 1 aromatic heterocycles. The van der Waals surface area contributed by atoms with Crippen molar-refractivity contribution in [3.05, 3.63) is 41.5 Å². The summed E-state index contributed by atoms with van der Waals surface area (Å²) >= 11 is 0. The van der Waals surface area contributed by atoms with Crippen LogP contribution in [0.5, 0.6) is 0 Å². The van der Waals surface area contributed by atoms with E-state index in [1.807, 2.05) is 19.9 Å². The fraction of sp³-hybridized carbons (Fsp3) is 0.286. The van der Waals surface area contributed by atoms with E-state index in [1.54, 1.807) is 12.1 Å². The SMILES string of the molecule is COCC(=O)Nc1ccc(-n2nc(C)cc2C)c(F)c1. The number of methoxy groups -OCH3 is 1. The molecule has 0 unspecified atom stereocenters. The molecule has 0 fully saturated rings. The number of carbonyl (C=O) groups excluding carboxylic acids is 1. The van der Waals surface area contributed by atoms with Gasteiger partial charge in [-0.2, -0.15) is 5.10 Å². The minimum absolute atomic E-state index is 0.0686. The number of anilines is 1. The van der Waals surface area contributed by atoms with E-state index in [0.29, 0.717) is 11.4 Å².